The van der Waals surface area contributed by atoms with Gasteiger partial charge in [0.05, 0.1) is 11.0 Å². The molecule has 0 atom stereocenters. The summed E-state index contributed by atoms with van der Waals surface area (Å²) in [6.45, 7) is 0. The van der Waals surface area contributed by atoms with Gasteiger partial charge in [-0.25, -0.2) is 15.0 Å². The van der Waals surface area contributed by atoms with Gasteiger partial charge >= 0.3 is 0 Å². The van der Waals surface area contributed by atoms with Crippen LogP contribution in [0.25, 0.3) is 114 Å². The van der Waals surface area contributed by atoms with Crippen LogP contribution in [0.2, 0.25) is 0 Å². The van der Waals surface area contributed by atoms with E-state index in [0.717, 1.165) is 37.9 Å². The normalized spacial score (nSPS) is 11.9. The van der Waals surface area contributed by atoms with Crippen LogP contribution in [0.3, 0.4) is 0 Å². The van der Waals surface area contributed by atoms with Crippen molar-refractivity contribution >= 4 is 85.6 Å². The Hall–Kier alpha value is -7.21. The summed E-state index contributed by atoms with van der Waals surface area (Å²) in [4.78, 5) is 15.6. The van der Waals surface area contributed by atoms with Gasteiger partial charge in [0.2, 0.25) is 0 Å². The van der Waals surface area contributed by atoms with E-state index in [0.29, 0.717) is 17.5 Å². The summed E-state index contributed by atoms with van der Waals surface area (Å²) >= 11 is 1.80. The minimum Gasteiger partial charge on any atom is -0.309 e. The quantitative estimate of drug-likeness (QED) is 0.181. The molecule has 0 saturated carbocycles. The molecule has 0 aliphatic carbocycles. The number of benzene rings is 9. The van der Waals surface area contributed by atoms with Crippen LogP contribution >= 0.6 is 11.3 Å². The largest absolute Gasteiger partial charge is 0.309 e. The molecule has 0 radical (unpaired) electrons. The number of para-hydroxylation sites is 1. The molecule has 0 spiro atoms. The van der Waals surface area contributed by atoms with Gasteiger partial charge in [0.1, 0.15) is 0 Å². The van der Waals surface area contributed by atoms with E-state index in [9.17, 15) is 0 Å². The number of hydrogen-bond acceptors (Lipinski definition) is 4. The average Bonchev–Trinajstić information content (AvgIpc) is 3.81. The number of fused-ring (bicyclic) bond motifs is 10. The summed E-state index contributed by atoms with van der Waals surface area (Å²) in [5, 5.41) is 12.2. The summed E-state index contributed by atoms with van der Waals surface area (Å²) in [6.07, 6.45) is 0. The highest BCUT2D eigenvalue weighted by Gasteiger charge is 2.19. The molecular weight excluding hydrogens is 701 g/mol. The first kappa shape index (κ1) is 31.2. The molecule has 4 nitrogen and oxygen atoms in total. The first-order chi connectivity index (χ1) is 27.7. The molecule has 0 saturated heterocycles. The van der Waals surface area contributed by atoms with E-state index in [4.69, 9.17) is 15.0 Å². The fraction of sp³-hybridized carbons (Fsp3) is 0. The molecule has 12 aromatic rings. The third kappa shape index (κ3) is 4.81. The van der Waals surface area contributed by atoms with Gasteiger partial charge in [0.15, 0.2) is 17.5 Å². The highest BCUT2D eigenvalue weighted by atomic mass is 32.1. The fourth-order valence-corrected chi connectivity index (χ4v) is 9.78. The highest BCUT2D eigenvalue weighted by Crippen LogP contribution is 2.42. The molecule has 0 unspecified atom stereocenters. The molecule has 56 heavy (non-hydrogen) atoms. The SMILES string of the molecule is c1ccc2cc(-c3nc(-c4ccc5ccccc5c4)nc(-c4cccc5c4sc4cc(-n6c7ccccc7c7c8ccccc8ccc76)ccc45)n3)ccc2c1. The number of aromatic nitrogens is 4. The summed E-state index contributed by atoms with van der Waals surface area (Å²) in [5.41, 5.74) is 6.47. The third-order valence-corrected chi connectivity index (χ3v) is 12.4. The minimum atomic E-state index is 0.656. The maximum atomic E-state index is 5.22. The van der Waals surface area contributed by atoms with Gasteiger partial charge in [-0.1, -0.05) is 140 Å². The van der Waals surface area contributed by atoms with E-state index in [1.807, 2.05) is 0 Å². The zero-order valence-corrected chi connectivity index (χ0v) is 30.8. The van der Waals surface area contributed by atoms with Crippen LogP contribution in [0.5, 0.6) is 0 Å². The van der Waals surface area contributed by atoms with Gasteiger partial charge in [-0.2, -0.15) is 0 Å². The fourth-order valence-electron chi connectivity index (χ4n) is 8.53. The van der Waals surface area contributed by atoms with Crippen LogP contribution in [0, 0.1) is 0 Å². The number of nitrogens with zero attached hydrogens (tertiary/aromatic N) is 4. The van der Waals surface area contributed by atoms with Crippen molar-refractivity contribution in [3.63, 3.8) is 0 Å². The van der Waals surface area contributed by atoms with Gasteiger partial charge in [-0.15, -0.1) is 11.3 Å². The van der Waals surface area contributed by atoms with E-state index in [2.05, 4.69) is 187 Å². The van der Waals surface area contributed by atoms with Crippen molar-refractivity contribution < 1.29 is 0 Å². The predicted octanol–water partition coefficient (Wildman–Crippen LogP) is 13.8. The zero-order chi connectivity index (χ0) is 36.7. The predicted molar refractivity (Wildman–Crippen MR) is 236 cm³/mol. The van der Waals surface area contributed by atoms with Gasteiger partial charge in [-0.3, -0.25) is 0 Å². The van der Waals surface area contributed by atoms with Crippen LogP contribution in [-0.2, 0) is 0 Å². The third-order valence-electron chi connectivity index (χ3n) is 11.2. The van der Waals surface area contributed by atoms with Crippen molar-refractivity contribution in [3.05, 3.63) is 182 Å². The Kier molecular flexibility index (Phi) is 6.76. The molecule has 9 aromatic carbocycles. The van der Waals surface area contributed by atoms with E-state index in [1.54, 1.807) is 11.3 Å². The van der Waals surface area contributed by atoms with Crippen LogP contribution in [0.4, 0.5) is 0 Å². The van der Waals surface area contributed by atoms with Crippen molar-refractivity contribution in [2.24, 2.45) is 0 Å². The molecule has 0 amide bonds. The molecule has 0 bridgehead atoms. The molecule has 0 aliphatic heterocycles. The van der Waals surface area contributed by atoms with Gasteiger partial charge in [-0.05, 0) is 74.8 Å². The van der Waals surface area contributed by atoms with Crippen molar-refractivity contribution in [2.45, 2.75) is 0 Å². The number of hydrogen-bond donors (Lipinski definition) is 0. The summed E-state index contributed by atoms with van der Waals surface area (Å²) in [7, 11) is 0. The van der Waals surface area contributed by atoms with Crippen LogP contribution < -0.4 is 0 Å². The first-order valence-electron chi connectivity index (χ1n) is 18.8. The molecule has 3 heterocycles. The lowest BCUT2D eigenvalue weighted by Gasteiger charge is -2.10. The van der Waals surface area contributed by atoms with Crippen molar-refractivity contribution in [1.29, 1.82) is 0 Å². The lowest BCUT2D eigenvalue weighted by atomic mass is 10.0. The van der Waals surface area contributed by atoms with Crippen LogP contribution in [0.1, 0.15) is 0 Å². The standard InChI is InChI=1S/C51H30N4S/c1-3-13-34-28-36(22-20-31(34)10-1)49-52-50(37-23-21-32-11-2-4-14-35(32)29-37)54-51(53-49)43-18-9-17-41-40-26-25-38(30-46(40)56-48(41)43)55-44-19-8-7-16-42(44)47-39-15-6-5-12-33(39)24-27-45(47)55/h1-30H. The van der Waals surface area contributed by atoms with Crippen molar-refractivity contribution in [3.8, 4) is 39.9 Å². The Morgan fingerprint density at radius 1 is 0.375 bits per heavy atom. The zero-order valence-electron chi connectivity index (χ0n) is 30.0. The van der Waals surface area contributed by atoms with Crippen LogP contribution in [0.15, 0.2) is 182 Å². The van der Waals surface area contributed by atoms with E-state index in [-0.39, 0.29) is 0 Å². The average molecular weight is 731 g/mol. The van der Waals surface area contributed by atoms with Crippen molar-refractivity contribution in [1.82, 2.24) is 19.5 Å². The second-order valence-electron chi connectivity index (χ2n) is 14.4. The van der Waals surface area contributed by atoms with Crippen molar-refractivity contribution in [2.75, 3.05) is 0 Å². The molecule has 3 aromatic heterocycles. The minimum absolute atomic E-state index is 0.656. The second kappa shape index (κ2) is 12.2. The molecule has 0 fully saturated rings. The molecule has 0 N–H and O–H groups in total. The van der Waals surface area contributed by atoms with Gasteiger partial charge < -0.3 is 4.57 Å². The Balaban J connectivity index is 1.06. The smallest absolute Gasteiger partial charge is 0.165 e. The Morgan fingerprint density at radius 2 is 0.964 bits per heavy atom. The maximum Gasteiger partial charge on any atom is 0.165 e. The highest BCUT2D eigenvalue weighted by molar-refractivity contribution is 7.26. The molecule has 12 rings (SSSR count). The number of thiophene rings is 1. The van der Waals surface area contributed by atoms with E-state index in [1.165, 1.54) is 58.8 Å². The topological polar surface area (TPSA) is 43.6 Å². The summed E-state index contributed by atoms with van der Waals surface area (Å²) < 4.78 is 4.79. The van der Waals surface area contributed by atoms with Crippen LogP contribution in [-0.4, -0.2) is 19.5 Å². The summed E-state index contributed by atoms with van der Waals surface area (Å²) in [6, 6.07) is 65.1. The molecule has 260 valence electrons. The summed E-state index contributed by atoms with van der Waals surface area (Å²) in [5.74, 6) is 1.98. The van der Waals surface area contributed by atoms with E-state index < -0.39 is 0 Å². The Labute approximate surface area is 325 Å². The maximum absolute atomic E-state index is 5.22. The lowest BCUT2D eigenvalue weighted by molar-refractivity contribution is 1.08. The van der Waals surface area contributed by atoms with Gasteiger partial charge in [0.25, 0.3) is 0 Å². The van der Waals surface area contributed by atoms with E-state index >= 15 is 0 Å². The molecular formula is C51H30N4S. The Morgan fingerprint density at radius 3 is 1.70 bits per heavy atom. The van der Waals surface area contributed by atoms with Gasteiger partial charge in [0, 0.05) is 53.3 Å². The lowest BCUT2D eigenvalue weighted by Crippen LogP contribution is -2.00. The first-order valence-corrected chi connectivity index (χ1v) is 19.7. The number of rotatable bonds is 4. The Bertz CT molecular complexity index is 3460. The molecule has 0 aliphatic rings. The monoisotopic (exact) mass is 730 g/mol. The molecule has 5 heteroatoms. The second-order valence-corrected chi connectivity index (χ2v) is 15.5.